The second-order valence-corrected chi connectivity index (χ2v) is 11.5. The molecule has 0 aliphatic rings. The number of sulfonamides is 1. The summed E-state index contributed by atoms with van der Waals surface area (Å²) < 4.78 is 29.7. The van der Waals surface area contributed by atoms with Crippen molar-refractivity contribution in [3.05, 3.63) is 111 Å². The summed E-state index contributed by atoms with van der Waals surface area (Å²) in [5.41, 5.74) is 6.07. The summed E-state index contributed by atoms with van der Waals surface area (Å²) in [7, 11) is -4.05. The molecule has 3 aromatic carbocycles. The van der Waals surface area contributed by atoms with Crippen LogP contribution >= 0.6 is 34.8 Å². The van der Waals surface area contributed by atoms with E-state index in [4.69, 9.17) is 34.8 Å². The predicted molar refractivity (Wildman–Crippen MR) is 153 cm³/mol. The molecule has 1 heterocycles. The van der Waals surface area contributed by atoms with Crippen LogP contribution in [0.3, 0.4) is 0 Å². The van der Waals surface area contributed by atoms with Gasteiger partial charge in [-0.05, 0) is 68.4 Å². The zero-order valence-electron chi connectivity index (χ0n) is 20.4. The zero-order valence-corrected chi connectivity index (χ0v) is 23.5. The minimum absolute atomic E-state index is 0.0472. The lowest BCUT2D eigenvalue weighted by atomic mass is 10.2. The molecule has 0 atom stereocenters. The molecule has 1 amide bonds. The molecule has 0 saturated carbocycles. The number of aromatic nitrogens is 1. The fourth-order valence-electron chi connectivity index (χ4n) is 3.95. The molecule has 38 heavy (non-hydrogen) atoms. The number of carbonyl (C=O) groups excluding carboxylic acids is 1. The largest absolute Gasteiger partial charge is 0.318 e. The Kier molecular flexibility index (Phi) is 8.47. The van der Waals surface area contributed by atoms with Gasteiger partial charge in [0.1, 0.15) is 6.54 Å². The van der Waals surface area contributed by atoms with Crippen LogP contribution in [0.5, 0.6) is 0 Å². The highest BCUT2D eigenvalue weighted by molar-refractivity contribution is 7.92. The average Bonchev–Trinajstić information content (AvgIpc) is 3.17. The third kappa shape index (κ3) is 6.05. The average molecular weight is 590 g/mol. The molecule has 196 valence electrons. The van der Waals surface area contributed by atoms with E-state index in [9.17, 15) is 13.2 Å². The maximum Gasteiger partial charge on any atom is 0.264 e. The third-order valence-electron chi connectivity index (χ3n) is 5.74. The van der Waals surface area contributed by atoms with Crippen molar-refractivity contribution in [2.24, 2.45) is 5.10 Å². The topological polar surface area (TPSA) is 83.8 Å². The van der Waals surface area contributed by atoms with Gasteiger partial charge in [-0.2, -0.15) is 5.10 Å². The van der Waals surface area contributed by atoms with Crippen molar-refractivity contribution in [2.75, 3.05) is 10.8 Å². The van der Waals surface area contributed by atoms with Crippen molar-refractivity contribution in [3.8, 4) is 5.69 Å². The standard InChI is InChI=1S/C27H23Cl3N4O3S/c1-18-13-20(19(2)34(18)23-11-12-25(29)26(30)15-23)16-31-32-27(35)17-33(22-8-6-7-21(28)14-22)38(36,37)24-9-4-3-5-10-24/h3-16H,17H2,1-2H3,(H,32,35)/b31-16+. The van der Waals surface area contributed by atoms with Gasteiger partial charge in [-0.3, -0.25) is 9.10 Å². The van der Waals surface area contributed by atoms with Gasteiger partial charge in [-0.25, -0.2) is 13.8 Å². The van der Waals surface area contributed by atoms with Crippen LogP contribution in [0.2, 0.25) is 15.1 Å². The Bertz CT molecular complexity index is 1620. The molecular formula is C27H23Cl3N4O3S. The van der Waals surface area contributed by atoms with E-state index in [-0.39, 0.29) is 10.6 Å². The lowest BCUT2D eigenvalue weighted by Gasteiger charge is -2.23. The maximum atomic E-state index is 13.4. The Labute approximate surface area is 236 Å². The summed E-state index contributed by atoms with van der Waals surface area (Å²) >= 11 is 18.3. The molecule has 0 bridgehead atoms. The number of nitrogens with zero attached hydrogens (tertiary/aromatic N) is 3. The number of aryl methyl sites for hydroxylation is 1. The van der Waals surface area contributed by atoms with E-state index >= 15 is 0 Å². The fraction of sp³-hybridized carbons (Fsp3) is 0.111. The molecule has 4 aromatic rings. The zero-order chi connectivity index (χ0) is 27.4. The number of amides is 1. The van der Waals surface area contributed by atoms with E-state index in [1.165, 1.54) is 24.4 Å². The van der Waals surface area contributed by atoms with Gasteiger partial charge < -0.3 is 4.57 Å². The highest BCUT2D eigenvalue weighted by Gasteiger charge is 2.27. The number of anilines is 1. The van der Waals surface area contributed by atoms with Crippen LogP contribution in [0.25, 0.3) is 5.69 Å². The molecule has 11 heteroatoms. The number of rotatable bonds is 8. The van der Waals surface area contributed by atoms with Gasteiger partial charge in [0.2, 0.25) is 0 Å². The smallest absolute Gasteiger partial charge is 0.264 e. The number of hydrogen-bond donors (Lipinski definition) is 1. The van der Waals surface area contributed by atoms with Crippen LogP contribution in [-0.4, -0.2) is 31.7 Å². The summed E-state index contributed by atoms with van der Waals surface area (Å²) in [5, 5.41) is 5.31. The first-order chi connectivity index (χ1) is 18.1. The van der Waals surface area contributed by atoms with Crippen LogP contribution in [0, 0.1) is 13.8 Å². The Morgan fingerprint density at radius 1 is 0.947 bits per heavy atom. The second-order valence-electron chi connectivity index (χ2n) is 8.36. The quantitative estimate of drug-likeness (QED) is 0.191. The van der Waals surface area contributed by atoms with Crippen molar-refractivity contribution in [2.45, 2.75) is 18.7 Å². The van der Waals surface area contributed by atoms with E-state index in [1.54, 1.807) is 48.5 Å². The number of benzene rings is 3. The summed E-state index contributed by atoms with van der Waals surface area (Å²) in [6.07, 6.45) is 1.50. The molecule has 1 aromatic heterocycles. The summed E-state index contributed by atoms with van der Waals surface area (Å²) in [6, 6.07) is 21.4. The Morgan fingerprint density at radius 2 is 1.68 bits per heavy atom. The minimum Gasteiger partial charge on any atom is -0.318 e. The van der Waals surface area contributed by atoms with Gasteiger partial charge in [-0.1, -0.05) is 59.1 Å². The number of carbonyl (C=O) groups is 1. The lowest BCUT2D eigenvalue weighted by Crippen LogP contribution is -2.39. The van der Waals surface area contributed by atoms with Gasteiger partial charge in [0, 0.05) is 27.7 Å². The molecule has 0 unspecified atom stereocenters. The van der Waals surface area contributed by atoms with Crippen LogP contribution in [0.4, 0.5) is 5.69 Å². The van der Waals surface area contributed by atoms with E-state index < -0.39 is 22.5 Å². The molecule has 7 nitrogen and oxygen atoms in total. The van der Waals surface area contributed by atoms with Crippen molar-refractivity contribution in [1.82, 2.24) is 9.99 Å². The summed E-state index contributed by atoms with van der Waals surface area (Å²) in [4.78, 5) is 12.9. The monoisotopic (exact) mass is 588 g/mol. The first-order valence-electron chi connectivity index (χ1n) is 11.4. The van der Waals surface area contributed by atoms with Gasteiger partial charge in [0.15, 0.2) is 0 Å². The second kappa shape index (κ2) is 11.6. The van der Waals surface area contributed by atoms with Crippen molar-refractivity contribution in [1.29, 1.82) is 0 Å². The molecule has 0 saturated heterocycles. The molecular weight excluding hydrogens is 567 g/mol. The van der Waals surface area contributed by atoms with Crippen molar-refractivity contribution in [3.63, 3.8) is 0 Å². The predicted octanol–water partition coefficient (Wildman–Crippen LogP) is 6.40. The van der Waals surface area contributed by atoms with Gasteiger partial charge in [0.25, 0.3) is 15.9 Å². The number of halogens is 3. The highest BCUT2D eigenvalue weighted by atomic mass is 35.5. The minimum atomic E-state index is -4.05. The van der Waals surface area contributed by atoms with Crippen LogP contribution in [-0.2, 0) is 14.8 Å². The van der Waals surface area contributed by atoms with Gasteiger partial charge in [0.05, 0.1) is 26.8 Å². The molecule has 0 aliphatic heterocycles. The number of nitrogens with one attached hydrogen (secondary N) is 1. The van der Waals surface area contributed by atoms with E-state index in [0.29, 0.717) is 15.1 Å². The first kappa shape index (κ1) is 27.7. The summed E-state index contributed by atoms with van der Waals surface area (Å²) in [5.74, 6) is -0.626. The number of hydrogen-bond acceptors (Lipinski definition) is 4. The Hall–Kier alpha value is -3.30. The molecule has 0 aliphatic carbocycles. The van der Waals surface area contributed by atoms with E-state index in [2.05, 4.69) is 10.5 Å². The van der Waals surface area contributed by atoms with Crippen LogP contribution < -0.4 is 9.73 Å². The normalized spacial score (nSPS) is 11.6. The maximum absolute atomic E-state index is 13.4. The van der Waals surface area contributed by atoms with Crippen LogP contribution in [0.1, 0.15) is 17.0 Å². The van der Waals surface area contributed by atoms with E-state index in [0.717, 1.165) is 26.9 Å². The molecule has 0 spiro atoms. The Morgan fingerprint density at radius 3 is 2.37 bits per heavy atom. The lowest BCUT2D eigenvalue weighted by molar-refractivity contribution is -0.119. The van der Waals surface area contributed by atoms with E-state index in [1.807, 2.05) is 30.5 Å². The first-order valence-corrected chi connectivity index (χ1v) is 13.9. The van der Waals surface area contributed by atoms with Gasteiger partial charge in [-0.15, -0.1) is 0 Å². The van der Waals surface area contributed by atoms with Crippen molar-refractivity contribution >= 4 is 62.6 Å². The van der Waals surface area contributed by atoms with Crippen LogP contribution in [0.15, 0.2) is 88.9 Å². The summed E-state index contributed by atoms with van der Waals surface area (Å²) in [6.45, 7) is 3.34. The highest BCUT2D eigenvalue weighted by Crippen LogP contribution is 2.28. The molecule has 4 rings (SSSR count). The molecule has 0 fully saturated rings. The van der Waals surface area contributed by atoms with Gasteiger partial charge >= 0.3 is 0 Å². The SMILES string of the molecule is Cc1cc(/C=N/NC(=O)CN(c2cccc(Cl)c2)S(=O)(=O)c2ccccc2)c(C)n1-c1ccc(Cl)c(Cl)c1. The Balaban J connectivity index is 1.55. The number of hydrazone groups is 1. The van der Waals surface area contributed by atoms with Crippen molar-refractivity contribution < 1.29 is 13.2 Å². The molecule has 1 N–H and O–H groups in total. The third-order valence-corrected chi connectivity index (χ3v) is 8.50. The fourth-order valence-corrected chi connectivity index (χ4v) is 5.86. The molecule has 0 radical (unpaired) electrons.